The number of hydrogen-bond donors (Lipinski definition) is 0. The highest BCUT2D eigenvalue weighted by Crippen LogP contribution is 2.34. The molecule has 2 aromatic carbocycles. The van der Waals surface area contributed by atoms with Crippen molar-refractivity contribution in [2.45, 2.75) is 17.3 Å². The first-order valence-corrected chi connectivity index (χ1v) is 7.89. The number of benzene rings is 2. The fourth-order valence-corrected chi connectivity index (χ4v) is 2.97. The van der Waals surface area contributed by atoms with E-state index in [1.165, 1.54) is 17.8 Å². The minimum atomic E-state index is -0.386. The average Bonchev–Trinajstić information content (AvgIpc) is 3.04. The van der Waals surface area contributed by atoms with E-state index in [4.69, 9.17) is 0 Å². The maximum absolute atomic E-state index is 10.9. The second-order valence-electron chi connectivity index (χ2n) is 4.92. The van der Waals surface area contributed by atoms with Gasteiger partial charge in [0.2, 0.25) is 5.16 Å². The number of thioether (sulfide) groups is 1. The van der Waals surface area contributed by atoms with Gasteiger partial charge in [0.1, 0.15) is 6.33 Å². The molecule has 0 radical (unpaired) electrons. The van der Waals surface area contributed by atoms with Gasteiger partial charge >= 0.3 is 0 Å². The molecule has 0 spiro atoms. The zero-order valence-electron chi connectivity index (χ0n) is 12.4. The van der Waals surface area contributed by atoms with E-state index < -0.39 is 0 Å². The van der Waals surface area contributed by atoms with Crippen LogP contribution in [0.1, 0.15) is 17.7 Å². The van der Waals surface area contributed by atoms with Crippen LogP contribution in [0.5, 0.6) is 0 Å². The molecule has 3 aromatic rings. The zero-order chi connectivity index (χ0) is 16.2. The first-order valence-electron chi connectivity index (χ1n) is 7.01. The lowest BCUT2D eigenvalue weighted by Gasteiger charge is -2.08. The van der Waals surface area contributed by atoms with Gasteiger partial charge in [-0.15, -0.1) is 5.10 Å². The molecule has 7 heteroatoms. The molecule has 0 saturated heterocycles. The maximum Gasteiger partial charge on any atom is 0.269 e. The molecule has 1 aromatic heterocycles. The van der Waals surface area contributed by atoms with E-state index in [9.17, 15) is 10.1 Å². The molecule has 1 atom stereocenters. The van der Waals surface area contributed by atoms with Crippen LogP contribution in [0.3, 0.4) is 0 Å². The SMILES string of the molecule is CC(Sc1ncn(-c2ccccc2)n1)c1cccc([N+](=O)[O-])c1. The minimum absolute atomic E-state index is 0.0153. The van der Waals surface area contributed by atoms with Crippen LogP contribution in [-0.4, -0.2) is 19.7 Å². The van der Waals surface area contributed by atoms with Crippen molar-refractivity contribution >= 4 is 17.4 Å². The number of nitro benzene ring substituents is 1. The molecule has 0 aliphatic heterocycles. The van der Waals surface area contributed by atoms with Crippen LogP contribution >= 0.6 is 11.8 Å². The Labute approximate surface area is 137 Å². The lowest BCUT2D eigenvalue weighted by atomic mass is 10.1. The highest BCUT2D eigenvalue weighted by Gasteiger charge is 2.14. The summed E-state index contributed by atoms with van der Waals surface area (Å²) in [4.78, 5) is 14.8. The van der Waals surface area contributed by atoms with Gasteiger partial charge in [0.25, 0.3) is 5.69 Å². The van der Waals surface area contributed by atoms with Crippen LogP contribution in [0.2, 0.25) is 0 Å². The summed E-state index contributed by atoms with van der Waals surface area (Å²) in [5, 5.41) is 16.0. The Hall–Kier alpha value is -2.67. The van der Waals surface area contributed by atoms with E-state index in [2.05, 4.69) is 10.1 Å². The summed E-state index contributed by atoms with van der Waals surface area (Å²) in [7, 11) is 0. The Morgan fingerprint density at radius 3 is 2.70 bits per heavy atom. The minimum Gasteiger partial charge on any atom is -0.258 e. The van der Waals surface area contributed by atoms with Crippen LogP contribution in [0.25, 0.3) is 5.69 Å². The van der Waals surface area contributed by atoms with Gasteiger partial charge in [-0.25, -0.2) is 9.67 Å². The van der Waals surface area contributed by atoms with Gasteiger partial charge in [-0.1, -0.05) is 42.1 Å². The van der Waals surface area contributed by atoms with Gasteiger partial charge in [-0.3, -0.25) is 10.1 Å². The number of non-ortho nitro benzene ring substituents is 1. The molecule has 1 unspecified atom stereocenters. The van der Waals surface area contributed by atoms with Crippen LogP contribution in [0.15, 0.2) is 66.1 Å². The predicted octanol–water partition coefficient (Wildman–Crippen LogP) is 4.03. The molecule has 0 bridgehead atoms. The molecule has 0 aliphatic rings. The van der Waals surface area contributed by atoms with Crippen molar-refractivity contribution in [3.63, 3.8) is 0 Å². The third-order valence-corrected chi connectivity index (χ3v) is 4.35. The number of para-hydroxylation sites is 1. The molecule has 116 valence electrons. The summed E-state index contributed by atoms with van der Waals surface area (Å²) in [5.41, 5.74) is 1.91. The average molecular weight is 326 g/mol. The molecular formula is C16H14N4O2S. The highest BCUT2D eigenvalue weighted by molar-refractivity contribution is 7.99. The summed E-state index contributed by atoms with van der Waals surface area (Å²) >= 11 is 1.47. The van der Waals surface area contributed by atoms with E-state index in [0.29, 0.717) is 5.16 Å². The normalized spacial score (nSPS) is 12.0. The molecule has 0 N–H and O–H groups in total. The molecule has 1 heterocycles. The quantitative estimate of drug-likeness (QED) is 0.402. The predicted molar refractivity (Wildman–Crippen MR) is 88.7 cm³/mol. The molecular weight excluding hydrogens is 312 g/mol. The number of nitrogens with zero attached hydrogens (tertiary/aromatic N) is 4. The monoisotopic (exact) mass is 326 g/mol. The fraction of sp³-hybridized carbons (Fsp3) is 0.125. The van der Waals surface area contributed by atoms with Crippen molar-refractivity contribution in [3.8, 4) is 5.69 Å². The summed E-state index contributed by atoms with van der Waals surface area (Å²) in [6.45, 7) is 1.98. The van der Waals surface area contributed by atoms with Gasteiger partial charge in [0.15, 0.2) is 0 Å². The standard InChI is InChI=1S/C16H14N4O2S/c1-12(13-6-5-9-15(10-13)20(21)22)23-16-17-11-19(18-16)14-7-3-2-4-8-14/h2-12H,1H3. The molecule has 3 rings (SSSR count). The Morgan fingerprint density at radius 1 is 1.17 bits per heavy atom. The van der Waals surface area contributed by atoms with E-state index in [1.54, 1.807) is 23.1 Å². The smallest absolute Gasteiger partial charge is 0.258 e. The topological polar surface area (TPSA) is 73.8 Å². The van der Waals surface area contributed by atoms with Crippen molar-refractivity contribution in [3.05, 3.63) is 76.6 Å². The lowest BCUT2D eigenvalue weighted by molar-refractivity contribution is -0.384. The molecule has 0 aliphatic carbocycles. The summed E-state index contributed by atoms with van der Waals surface area (Å²) < 4.78 is 1.71. The zero-order valence-corrected chi connectivity index (χ0v) is 13.2. The Morgan fingerprint density at radius 2 is 1.96 bits per heavy atom. The maximum atomic E-state index is 10.9. The summed E-state index contributed by atoms with van der Waals surface area (Å²) in [6.07, 6.45) is 1.66. The number of aromatic nitrogens is 3. The van der Waals surface area contributed by atoms with Crippen molar-refractivity contribution in [1.82, 2.24) is 14.8 Å². The van der Waals surface area contributed by atoms with E-state index in [0.717, 1.165) is 11.3 Å². The molecule has 6 nitrogen and oxygen atoms in total. The van der Waals surface area contributed by atoms with Crippen LogP contribution in [0, 0.1) is 10.1 Å². The first kappa shape index (κ1) is 15.2. The molecule has 0 saturated carbocycles. The largest absolute Gasteiger partial charge is 0.269 e. The van der Waals surface area contributed by atoms with Crippen molar-refractivity contribution in [2.24, 2.45) is 0 Å². The van der Waals surface area contributed by atoms with Gasteiger partial charge < -0.3 is 0 Å². The first-order chi connectivity index (χ1) is 11.1. The third kappa shape index (κ3) is 3.57. The highest BCUT2D eigenvalue weighted by atomic mass is 32.2. The van der Waals surface area contributed by atoms with Crippen molar-refractivity contribution in [1.29, 1.82) is 0 Å². The van der Waals surface area contributed by atoms with Crippen LogP contribution in [0.4, 0.5) is 5.69 Å². The fourth-order valence-electron chi connectivity index (χ4n) is 2.12. The van der Waals surface area contributed by atoms with Gasteiger partial charge in [0, 0.05) is 17.4 Å². The second kappa shape index (κ2) is 6.62. The summed E-state index contributed by atoms with van der Waals surface area (Å²) in [6, 6.07) is 16.4. The van der Waals surface area contributed by atoms with Crippen molar-refractivity contribution in [2.75, 3.05) is 0 Å². The van der Waals surface area contributed by atoms with E-state index >= 15 is 0 Å². The molecule has 0 amide bonds. The number of hydrogen-bond acceptors (Lipinski definition) is 5. The van der Waals surface area contributed by atoms with E-state index in [1.807, 2.05) is 43.3 Å². The third-order valence-electron chi connectivity index (χ3n) is 3.32. The molecule has 23 heavy (non-hydrogen) atoms. The van der Waals surface area contributed by atoms with Crippen LogP contribution in [-0.2, 0) is 0 Å². The van der Waals surface area contributed by atoms with Crippen LogP contribution < -0.4 is 0 Å². The number of rotatable bonds is 5. The van der Waals surface area contributed by atoms with Gasteiger partial charge in [-0.2, -0.15) is 0 Å². The van der Waals surface area contributed by atoms with E-state index in [-0.39, 0.29) is 15.9 Å². The molecule has 0 fully saturated rings. The number of nitro groups is 1. The summed E-state index contributed by atoms with van der Waals surface area (Å²) in [5.74, 6) is 0. The van der Waals surface area contributed by atoms with Crippen molar-refractivity contribution < 1.29 is 4.92 Å². The Kier molecular flexibility index (Phi) is 4.38. The lowest BCUT2D eigenvalue weighted by Crippen LogP contribution is -1.95. The second-order valence-corrected chi connectivity index (χ2v) is 6.23. The Balaban J connectivity index is 1.76. The van der Waals surface area contributed by atoms with Gasteiger partial charge in [0.05, 0.1) is 10.6 Å². The van der Waals surface area contributed by atoms with Gasteiger partial charge in [-0.05, 0) is 24.6 Å². The Bertz CT molecular complexity index is 820.